The molecule has 3 heterocycles. The number of hydrogen-bond donors (Lipinski definition) is 1. The second-order valence-corrected chi connectivity index (χ2v) is 5.83. The van der Waals surface area contributed by atoms with Gasteiger partial charge in [-0.3, -0.25) is 0 Å². The zero-order valence-electron chi connectivity index (χ0n) is 13.3. The van der Waals surface area contributed by atoms with Gasteiger partial charge in [0.15, 0.2) is 0 Å². The number of ether oxygens (including phenoxy) is 2. The number of methoxy groups -OCH3 is 2. The van der Waals surface area contributed by atoms with Crippen molar-refractivity contribution in [3.63, 3.8) is 0 Å². The average molecular weight is 368 g/mol. The van der Waals surface area contributed by atoms with Crippen molar-refractivity contribution in [2.45, 2.75) is 13.5 Å². The Morgan fingerprint density at radius 1 is 1.17 bits per heavy atom. The van der Waals surface area contributed by atoms with E-state index in [2.05, 4.69) is 15.0 Å². The molecule has 0 aliphatic rings. The highest BCUT2D eigenvalue weighted by Gasteiger charge is 2.18. The van der Waals surface area contributed by atoms with E-state index in [4.69, 9.17) is 38.4 Å². The molecule has 3 aromatic rings. The zero-order chi connectivity index (χ0) is 17.4. The SMILES string of the molecule is COc1nc(Cn2ccc3c(Cl)nc(N)nc32)c(Cl)c(OC)c1C. The fourth-order valence-corrected chi connectivity index (χ4v) is 3.08. The molecule has 0 amide bonds. The van der Waals surface area contributed by atoms with Crippen LogP contribution in [0.3, 0.4) is 0 Å². The first-order valence-corrected chi connectivity index (χ1v) is 7.76. The summed E-state index contributed by atoms with van der Waals surface area (Å²) < 4.78 is 12.5. The lowest BCUT2D eigenvalue weighted by Gasteiger charge is -2.15. The lowest BCUT2D eigenvalue weighted by molar-refractivity contribution is 0.374. The summed E-state index contributed by atoms with van der Waals surface area (Å²) in [7, 11) is 3.10. The van der Waals surface area contributed by atoms with Gasteiger partial charge in [-0.25, -0.2) is 9.97 Å². The molecule has 7 nitrogen and oxygen atoms in total. The Balaban J connectivity index is 2.12. The molecule has 126 valence electrons. The largest absolute Gasteiger partial charge is 0.495 e. The fraction of sp³-hybridized carbons (Fsp3) is 0.267. The summed E-state index contributed by atoms with van der Waals surface area (Å²) in [6.07, 6.45) is 1.82. The predicted octanol–water partition coefficient (Wildman–Crippen LogP) is 3.09. The summed E-state index contributed by atoms with van der Waals surface area (Å²) in [4.78, 5) is 12.6. The van der Waals surface area contributed by atoms with Gasteiger partial charge in [-0.05, 0) is 13.0 Å². The highest BCUT2D eigenvalue weighted by molar-refractivity contribution is 6.34. The van der Waals surface area contributed by atoms with E-state index < -0.39 is 0 Å². The molecule has 0 fully saturated rings. The number of anilines is 1. The summed E-state index contributed by atoms with van der Waals surface area (Å²) in [5.74, 6) is 1.09. The molecule has 0 atom stereocenters. The first-order valence-electron chi connectivity index (χ1n) is 7.01. The maximum Gasteiger partial charge on any atom is 0.223 e. The number of halogens is 2. The summed E-state index contributed by atoms with van der Waals surface area (Å²) in [6, 6.07) is 1.81. The van der Waals surface area contributed by atoms with Gasteiger partial charge >= 0.3 is 0 Å². The molecule has 0 bridgehead atoms. The molecular formula is C15H15Cl2N5O2. The minimum absolute atomic E-state index is 0.102. The maximum atomic E-state index is 6.43. The van der Waals surface area contributed by atoms with Gasteiger partial charge in [0.05, 0.1) is 37.4 Å². The van der Waals surface area contributed by atoms with Crippen molar-refractivity contribution in [3.05, 3.63) is 33.7 Å². The van der Waals surface area contributed by atoms with Crippen LogP contribution in [-0.2, 0) is 6.54 Å². The molecule has 0 saturated heterocycles. The molecule has 3 rings (SSSR count). The van der Waals surface area contributed by atoms with Crippen LogP contribution in [0.2, 0.25) is 10.2 Å². The Labute approximate surface area is 148 Å². The van der Waals surface area contributed by atoms with Crippen LogP contribution in [0, 0.1) is 6.92 Å². The molecule has 9 heteroatoms. The van der Waals surface area contributed by atoms with E-state index in [1.165, 1.54) is 0 Å². The monoisotopic (exact) mass is 367 g/mol. The minimum atomic E-state index is 0.102. The number of nitrogens with two attached hydrogens (primary N) is 1. The third kappa shape index (κ3) is 2.70. The Morgan fingerprint density at radius 3 is 2.58 bits per heavy atom. The van der Waals surface area contributed by atoms with E-state index in [-0.39, 0.29) is 5.95 Å². The van der Waals surface area contributed by atoms with Crippen molar-refractivity contribution in [2.24, 2.45) is 0 Å². The van der Waals surface area contributed by atoms with Crippen LogP contribution in [0.15, 0.2) is 12.3 Å². The topological polar surface area (TPSA) is 88.1 Å². The highest BCUT2D eigenvalue weighted by atomic mass is 35.5. The van der Waals surface area contributed by atoms with Gasteiger partial charge in [0.1, 0.15) is 21.6 Å². The van der Waals surface area contributed by atoms with Crippen molar-refractivity contribution < 1.29 is 9.47 Å². The van der Waals surface area contributed by atoms with Crippen LogP contribution in [0.4, 0.5) is 5.95 Å². The molecule has 0 aliphatic carbocycles. The van der Waals surface area contributed by atoms with Gasteiger partial charge in [-0.15, -0.1) is 0 Å². The lowest BCUT2D eigenvalue weighted by atomic mass is 10.2. The first kappa shape index (κ1) is 16.6. The third-order valence-corrected chi connectivity index (χ3v) is 4.34. The molecule has 24 heavy (non-hydrogen) atoms. The van der Waals surface area contributed by atoms with Gasteiger partial charge in [-0.1, -0.05) is 23.2 Å². The minimum Gasteiger partial charge on any atom is -0.495 e. The fourth-order valence-electron chi connectivity index (χ4n) is 2.53. The molecule has 3 aromatic heterocycles. The molecular weight excluding hydrogens is 353 g/mol. The average Bonchev–Trinajstić information content (AvgIpc) is 2.93. The Kier molecular flexibility index (Phi) is 4.38. The van der Waals surface area contributed by atoms with Crippen LogP contribution in [-0.4, -0.2) is 33.7 Å². The number of nitrogens with zero attached hydrogens (tertiary/aromatic N) is 4. The summed E-state index contributed by atoms with van der Waals surface area (Å²) >= 11 is 12.5. The number of rotatable bonds is 4. The predicted molar refractivity (Wildman–Crippen MR) is 93.1 cm³/mol. The van der Waals surface area contributed by atoms with Gasteiger partial charge in [0.2, 0.25) is 11.8 Å². The van der Waals surface area contributed by atoms with Crippen LogP contribution in [0.25, 0.3) is 11.0 Å². The number of aromatic nitrogens is 4. The number of pyridine rings is 1. The van der Waals surface area contributed by atoms with Gasteiger partial charge in [0.25, 0.3) is 0 Å². The van der Waals surface area contributed by atoms with Crippen LogP contribution in [0.1, 0.15) is 11.3 Å². The molecule has 0 saturated carbocycles. The first-order chi connectivity index (χ1) is 11.5. The van der Waals surface area contributed by atoms with Crippen molar-refractivity contribution >= 4 is 40.2 Å². The standard InChI is InChI=1S/C15H15Cl2N5O2/c1-7-11(23-2)10(16)9(19-14(7)24-3)6-22-5-4-8-12(17)20-15(18)21-13(8)22/h4-5H,6H2,1-3H3,(H2,18,20,21). The number of fused-ring (bicyclic) bond motifs is 1. The second-order valence-electron chi connectivity index (χ2n) is 5.09. The normalized spacial score (nSPS) is 11.0. The molecule has 0 radical (unpaired) electrons. The van der Waals surface area contributed by atoms with Crippen LogP contribution in [0.5, 0.6) is 11.6 Å². The second kappa shape index (κ2) is 6.33. The third-order valence-electron chi connectivity index (χ3n) is 3.66. The summed E-state index contributed by atoms with van der Waals surface area (Å²) in [5, 5.41) is 1.42. The van der Waals surface area contributed by atoms with Crippen LogP contribution >= 0.6 is 23.2 Å². The Morgan fingerprint density at radius 2 is 1.92 bits per heavy atom. The maximum absolute atomic E-state index is 6.43. The number of hydrogen-bond acceptors (Lipinski definition) is 6. The molecule has 0 unspecified atom stereocenters. The molecule has 0 spiro atoms. The van der Waals surface area contributed by atoms with Crippen molar-refractivity contribution in [1.29, 1.82) is 0 Å². The van der Waals surface area contributed by atoms with E-state index in [0.717, 1.165) is 5.56 Å². The number of nitrogen functional groups attached to an aromatic ring is 1. The van der Waals surface area contributed by atoms with Gasteiger partial charge in [-0.2, -0.15) is 4.98 Å². The van der Waals surface area contributed by atoms with E-state index in [0.29, 0.717) is 45.1 Å². The smallest absolute Gasteiger partial charge is 0.223 e. The van der Waals surface area contributed by atoms with E-state index in [1.807, 2.05) is 23.8 Å². The molecule has 0 aromatic carbocycles. The van der Waals surface area contributed by atoms with Gasteiger partial charge < -0.3 is 19.8 Å². The summed E-state index contributed by atoms with van der Waals surface area (Å²) in [6.45, 7) is 2.18. The summed E-state index contributed by atoms with van der Waals surface area (Å²) in [5.41, 5.74) is 7.61. The lowest BCUT2D eigenvalue weighted by Crippen LogP contribution is -2.07. The molecule has 2 N–H and O–H groups in total. The highest BCUT2D eigenvalue weighted by Crippen LogP contribution is 2.36. The molecule has 0 aliphatic heterocycles. The van der Waals surface area contributed by atoms with Crippen molar-refractivity contribution in [1.82, 2.24) is 19.5 Å². The van der Waals surface area contributed by atoms with Gasteiger partial charge in [0, 0.05) is 6.20 Å². The van der Waals surface area contributed by atoms with Crippen LogP contribution < -0.4 is 15.2 Å². The van der Waals surface area contributed by atoms with Crippen molar-refractivity contribution in [2.75, 3.05) is 20.0 Å². The zero-order valence-corrected chi connectivity index (χ0v) is 14.8. The Bertz CT molecular complexity index is 926. The van der Waals surface area contributed by atoms with E-state index >= 15 is 0 Å². The Hall–Kier alpha value is -2.25. The quantitative estimate of drug-likeness (QED) is 0.712. The van der Waals surface area contributed by atoms with E-state index in [1.54, 1.807) is 14.2 Å². The van der Waals surface area contributed by atoms with Crippen molar-refractivity contribution in [3.8, 4) is 11.6 Å². The van der Waals surface area contributed by atoms with E-state index in [9.17, 15) is 0 Å².